The highest BCUT2D eigenvalue weighted by molar-refractivity contribution is 6.73. The molecule has 0 spiro atoms. The maximum atomic E-state index is 12.3. The first-order valence-corrected chi connectivity index (χ1v) is 4.13. The zero-order chi connectivity index (χ0) is 13.3. The molecule has 0 aliphatic carbocycles. The Bertz CT molecular complexity index is 461. The second kappa shape index (κ2) is 4.20. The first-order chi connectivity index (χ1) is 7.63. The maximum Gasteiger partial charge on any atom is 0.573 e. The summed E-state index contributed by atoms with van der Waals surface area (Å²) in [4.78, 5) is 0. The highest BCUT2D eigenvalue weighted by Crippen LogP contribution is 2.26. The molecule has 0 aliphatic rings. The summed E-state index contributed by atoms with van der Waals surface area (Å²) < 4.78 is 75.7. The minimum atomic E-state index is -5.37. The van der Waals surface area contributed by atoms with Gasteiger partial charge in [0.1, 0.15) is 11.8 Å². The summed E-state index contributed by atoms with van der Waals surface area (Å²) in [6.07, 6.45) is -5.06. The minimum Gasteiger partial charge on any atom is -0.445 e. The molecule has 1 aromatic carbocycles. The Morgan fingerprint density at radius 3 is 2.18 bits per heavy atom. The van der Waals surface area contributed by atoms with Gasteiger partial charge in [-0.2, -0.15) is 5.26 Å². The third-order valence-electron chi connectivity index (χ3n) is 1.73. The number of nitriles is 1. The average molecular weight is 254 g/mol. The molecule has 92 valence electrons. The van der Waals surface area contributed by atoms with Crippen LogP contribution in [0.5, 0.6) is 5.75 Å². The van der Waals surface area contributed by atoms with Gasteiger partial charge in [0.2, 0.25) is 0 Å². The predicted molar refractivity (Wildman–Crippen MR) is 46.6 cm³/mol. The van der Waals surface area contributed by atoms with Crippen LogP contribution in [-0.4, -0.2) is 13.3 Å². The minimum absolute atomic E-state index is 0.321. The number of hydrogen-bond acceptors (Lipinski definition) is 2. The Balaban J connectivity index is 3.16. The molecule has 2 nitrogen and oxygen atoms in total. The van der Waals surface area contributed by atoms with E-state index in [4.69, 9.17) is 5.26 Å². The van der Waals surface area contributed by atoms with Crippen LogP contribution in [0.15, 0.2) is 18.2 Å². The second-order valence-electron chi connectivity index (χ2n) is 2.99. The zero-order valence-electron chi connectivity index (χ0n) is 7.93. The third kappa shape index (κ3) is 3.58. The van der Waals surface area contributed by atoms with E-state index >= 15 is 0 Å². The van der Waals surface area contributed by atoms with Gasteiger partial charge in [0.25, 0.3) is 0 Å². The summed E-state index contributed by atoms with van der Waals surface area (Å²) in [6.45, 7) is -5.37. The largest absolute Gasteiger partial charge is 0.573 e. The standard InChI is InChI=1S/C8H3BF6NO/c10-8(11,12)17-7-2-1-6(9(13,14)15)3-5(7)4-16/h1-3H/q-1. The van der Waals surface area contributed by atoms with Gasteiger partial charge in [-0.05, 0) is 6.07 Å². The van der Waals surface area contributed by atoms with Crippen molar-refractivity contribution in [1.29, 1.82) is 5.26 Å². The Labute approximate surface area is 91.5 Å². The van der Waals surface area contributed by atoms with Crippen molar-refractivity contribution in [3.8, 4) is 11.8 Å². The molecule has 0 bridgehead atoms. The number of hydrogen-bond donors (Lipinski definition) is 0. The van der Waals surface area contributed by atoms with Gasteiger partial charge in [0, 0.05) is 0 Å². The van der Waals surface area contributed by atoms with E-state index in [0.717, 1.165) is 0 Å². The molecule has 0 radical (unpaired) electrons. The van der Waals surface area contributed by atoms with Crippen LogP contribution in [-0.2, 0) is 0 Å². The van der Waals surface area contributed by atoms with E-state index in [1.54, 1.807) is 0 Å². The lowest BCUT2D eigenvalue weighted by molar-refractivity contribution is -0.274. The summed E-state index contributed by atoms with van der Waals surface area (Å²) >= 11 is 0. The van der Waals surface area contributed by atoms with Crippen LogP contribution in [0.4, 0.5) is 26.1 Å². The fourth-order valence-electron chi connectivity index (χ4n) is 1.05. The number of ether oxygens (including phenoxy) is 1. The molecule has 17 heavy (non-hydrogen) atoms. The molecular weight excluding hydrogens is 251 g/mol. The number of halogens is 6. The second-order valence-corrected chi connectivity index (χ2v) is 2.99. The molecule has 0 unspecified atom stereocenters. The van der Waals surface area contributed by atoms with Gasteiger partial charge >= 0.3 is 13.3 Å². The molecule has 0 amide bonds. The molecule has 0 aromatic heterocycles. The first kappa shape index (κ1) is 13.2. The molecule has 0 saturated carbocycles. The lowest BCUT2D eigenvalue weighted by Gasteiger charge is -2.16. The van der Waals surface area contributed by atoms with Crippen molar-refractivity contribution in [1.82, 2.24) is 0 Å². The number of rotatable bonds is 2. The van der Waals surface area contributed by atoms with Crippen molar-refractivity contribution in [3.05, 3.63) is 23.8 Å². The lowest BCUT2D eigenvalue weighted by atomic mass is 9.79. The van der Waals surface area contributed by atoms with E-state index in [1.165, 1.54) is 6.07 Å². The smallest absolute Gasteiger partial charge is 0.445 e. The average Bonchev–Trinajstić information content (AvgIpc) is 2.14. The van der Waals surface area contributed by atoms with Gasteiger partial charge in [-0.15, -0.1) is 18.6 Å². The molecule has 0 aliphatic heterocycles. The van der Waals surface area contributed by atoms with Crippen LogP contribution in [0.25, 0.3) is 0 Å². The molecule has 1 rings (SSSR count). The molecule has 0 saturated heterocycles. The Morgan fingerprint density at radius 2 is 1.76 bits per heavy atom. The predicted octanol–water partition coefficient (Wildman–Crippen LogP) is 2.51. The normalized spacial score (nSPS) is 12.1. The Kier molecular flexibility index (Phi) is 3.27. The number of benzene rings is 1. The van der Waals surface area contributed by atoms with Gasteiger partial charge < -0.3 is 17.7 Å². The van der Waals surface area contributed by atoms with Crippen LogP contribution < -0.4 is 10.2 Å². The van der Waals surface area contributed by atoms with Crippen LogP contribution in [0.2, 0.25) is 0 Å². The Hall–Kier alpha value is -1.85. The molecule has 0 N–H and O–H groups in total. The van der Waals surface area contributed by atoms with Gasteiger partial charge in [0.05, 0.1) is 5.56 Å². The monoisotopic (exact) mass is 254 g/mol. The van der Waals surface area contributed by atoms with Crippen molar-refractivity contribution < 1.29 is 30.9 Å². The van der Waals surface area contributed by atoms with E-state index in [0.29, 0.717) is 18.2 Å². The van der Waals surface area contributed by atoms with Gasteiger partial charge in [-0.1, -0.05) is 12.1 Å². The molecule has 0 fully saturated rings. The molecule has 9 heteroatoms. The molecule has 0 heterocycles. The van der Waals surface area contributed by atoms with Crippen LogP contribution in [0.3, 0.4) is 0 Å². The summed E-state index contributed by atoms with van der Waals surface area (Å²) in [5, 5.41) is 8.45. The van der Waals surface area contributed by atoms with E-state index in [2.05, 4.69) is 4.74 Å². The van der Waals surface area contributed by atoms with E-state index in [-0.39, 0.29) is 0 Å². The lowest BCUT2D eigenvalue weighted by Crippen LogP contribution is -2.34. The molecular formula is C8H3BF6NO-. The fourth-order valence-corrected chi connectivity index (χ4v) is 1.05. The van der Waals surface area contributed by atoms with Gasteiger partial charge in [-0.3, -0.25) is 0 Å². The van der Waals surface area contributed by atoms with Crippen molar-refractivity contribution in [2.24, 2.45) is 0 Å². The van der Waals surface area contributed by atoms with Crippen molar-refractivity contribution in [2.45, 2.75) is 6.36 Å². The highest BCUT2D eigenvalue weighted by atomic mass is 19.4. The van der Waals surface area contributed by atoms with Gasteiger partial charge in [-0.25, -0.2) is 0 Å². The van der Waals surface area contributed by atoms with Crippen LogP contribution in [0, 0.1) is 11.3 Å². The topological polar surface area (TPSA) is 33.0 Å². The SMILES string of the molecule is N#Cc1cc([B-](F)(F)F)ccc1OC(F)(F)F. The van der Waals surface area contributed by atoms with Gasteiger partial charge in [0.15, 0.2) is 0 Å². The number of alkyl halides is 3. The van der Waals surface area contributed by atoms with Crippen molar-refractivity contribution in [2.75, 3.05) is 0 Å². The van der Waals surface area contributed by atoms with E-state index in [1.807, 2.05) is 0 Å². The maximum absolute atomic E-state index is 12.3. The van der Waals surface area contributed by atoms with Crippen LogP contribution in [0.1, 0.15) is 5.56 Å². The molecule has 1 aromatic rings. The third-order valence-corrected chi connectivity index (χ3v) is 1.73. The van der Waals surface area contributed by atoms with Crippen LogP contribution >= 0.6 is 0 Å². The van der Waals surface area contributed by atoms with E-state index in [9.17, 15) is 26.1 Å². The van der Waals surface area contributed by atoms with Crippen molar-refractivity contribution in [3.63, 3.8) is 0 Å². The number of nitrogens with zero attached hydrogens (tertiary/aromatic N) is 1. The first-order valence-electron chi connectivity index (χ1n) is 4.13. The zero-order valence-corrected chi connectivity index (χ0v) is 7.93. The summed E-state index contributed by atoms with van der Waals surface area (Å²) in [7, 11) is 0. The fraction of sp³-hybridized carbons (Fsp3) is 0.125. The Morgan fingerprint density at radius 1 is 1.18 bits per heavy atom. The highest BCUT2D eigenvalue weighted by Gasteiger charge is 2.33. The van der Waals surface area contributed by atoms with Crippen molar-refractivity contribution >= 4 is 12.4 Å². The van der Waals surface area contributed by atoms with E-state index < -0.39 is 30.1 Å². The quantitative estimate of drug-likeness (QED) is 0.600. The summed E-state index contributed by atoms with van der Waals surface area (Å²) in [5.41, 5.74) is -1.98. The summed E-state index contributed by atoms with van der Waals surface area (Å²) in [6, 6.07) is 2.44. The molecule has 0 atom stereocenters. The summed E-state index contributed by atoms with van der Waals surface area (Å²) in [5.74, 6) is -0.955.